The maximum absolute atomic E-state index is 5.97. The standard InChI is InChI=1S/C18H30ClN5/c1-3-4-5-6-7-8-13-24(2)18(21)23-17(20)22-14-15-9-11-16(19)12-10-15/h9-12H,3-8,13-14H2,1-2H3,(H4,20,21,22,23). The zero-order valence-electron chi connectivity index (χ0n) is 14.8. The van der Waals surface area contributed by atoms with Crippen molar-refractivity contribution in [3.8, 4) is 0 Å². The van der Waals surface area contributed by atoms with Crippen LogP contribution in [0.2, 0.25) is 5.02 Å². The van der Waals surface area contributed by atoms with E-state index in [0.29, 0.717) is 17.5 Å². The van der Waals surface area contributed by atoms with E-state index < -0.39 is 0 Å². The molecule has 0 aliphatic rings. The molecule has 24 heavy (non-hydrogen) atoms. The second-order valence-electron chi connectivity index (χ2n) is 5.96. The van der Waals surface area contributed by atoms with Crippen LogP contribution in [-0.4, -0.2) is 30.4 Å². The first-order valence-electron chi connectivity index (χ1n) is 8.62. The molecule has 0 saturated carbocycles. The lowest BCUT2D eigenvalue weighted by Crippen LogP contribution is -2.36. The zero-order valence-corrected chi connectivity index (χ0v) is 15.6. The Balaban J connectivity index is 2.36. The summed E-state index contributed by atoms with van der Waals surface area (Å²) < 4.78 is 0. The Labute approximate surface area is 150 Å². The number of nitrogens with two attached hydrogens (primary N) is 2. The molecule has 0 unspecified atom stereocenters. The minimum atomic E-state index is 0.192. The highest BCUT2D eigenvalue weighted by molar-refractivity contribution is 6.30. The van der Waals surface area contributed by atoms with Crippen LogP contribution < -0.4 is 11.5 Å². The summed E-state index contributed by atoms with van der Waals surface area (Å²) in [4.78, 5) is 10.3. The van der Waals surface area contributed by atoms with Crippen molar-refractivity contribution in [1.29, 1.82) is 0 Å². The van der Waals surface area contributed by atoms with Crippen LogP contribution in [0.5, 0.6) is 0 Å². The number of rotatable bonds is 9. The van der Waals surface area contributed by atoms with Crippen molar-refractivity contribution in [1.82, 2.24) is 4.90 Å². The van der Waals surface area contributed by atoms with Crippen molar-refractivity contribution in [2.45, 2.75) is 52.0 Å². The number of unbranched alkanes of at least 4 members (excludes halogenated alkanes) is 5. The van der Waals surface area contributed by atoms with Gasteiger partial charge < -0.3 is 16.4 Å². The van der Waals surface area contributed by atoms with Gasteiger partial charge in [0.2, 0.25) is 5.96 Å². The van der Waals surface area contributed by atoms with Gasteiger partial charge in [-0.3, -0.25) is 0 Å². The van der Waals surface area contributed by atoms with Gasteiger partial charge in [-0.25, -0.2) is 4.99 Å². The molecule has 0 spiro atoms. The first-order valence-corrected chi connectivity index (χ1v) is 9.00. The van der Waals surface area contributed by atoms with E-state index in [4.69, 9.17) is 23.1 Å². The quantitative estimate of drug-likeness (QED) is 0.404. The van der Waals surface area contributed by atoms with Gasteiger partial charge in [0.15, 0.2) is 5.96 Å². The van der Waals surface area contributed by atoms with Crippen molar-refractivity contribution >= 4 is 23.5 Å². The fourth-order valence-electron chi connectivity index (χ4n) is 2.24. The lowest BCUT2D eigenvalue weighted by Gasteiger charge is -2.17. The summed E-state index contributed by atoms with van der Waals surface area (Å²) >= 11 is 5.85. The van der Waals surface area contributed by atoms with Crippen LogP contribution in [0, 0.1) is 0 Å². The highest BCUT2D eigenvalue weighted by atomic mass is 35.5. The van der Waals surface area contributed by atoms with Gasteiger partial charge in [-0.05, 0) is 24.1 Å². The first kappa shape index (κ1) is 20.3. The molecule has 1 aromatic rings. The van der Waals surface area contributed by atoms with Gasteiger partial charge in [0.1, 0.15) is 0 Å². The van der Waals surface area contributed by atoms with E-state index in [1.807, 2.05) is 36.2 Å². The molecule has 1 rings (SSSR count). The summed E-state index contributed by atoms with van der Waals surface area (Å²) in [5, 5.41) is 0.703. The molecule has 0 aliphatic heterocycles. The van der Waals surface area contributed by atoms with Crippen LogP contribution in [0.1, 0.15) is 51.0 Å². The van der Waals surface area contributed by atoms with Crippen molar-refractivity contribution in [3.05, 3.63) is 34.9 Å². The van der Waals surface area contributed by atoms with Gasteiger partial charge in [0.05, 0.1) is 6.54 Å². The van der Waals surface area contributed by atoms with Crippen LogP contribution in [0.4, 0.5) is 0 Å². The summed E-state index contributed by atoms with van der Waals surface area (Å²) in [7, 11) is 1.93. The van der Waals surface area contributed by atoms with Crippen LogP contribution >= 0.6 is 11.6 Å². The zero-order chi connectivity index (χ0) is 17.8. The number of benzene rings is 1. The summed E-state index contributed by atoms with van der Waals surface area (Å²) in [6.07, 6.45) is 7.52. The Morgan fingerprint density at radius 3 is 2.33 bits per heavy atom. The lowest BCUT2D eigenvalue weighted by molar-refractivity contribution is 0.462. The minimum Gasteiger partial charge on any atom is -0.369 e. The average Bonchev–Trinajstić information content (AvgIpc) is 2.57. The third-order valence-corrected chi connectivity index (χ3v) is 4.06. The highest BCUT2D eigenvalue weighted by Gasteiger charge is 2.02. The topological polar surface area (TPSA) is 80.0 Å². The Bertz CT molecular complexity index is 525. The third kappa shape index (κ3) is 8.77. The molecule has 0 saturated heterocycles. The van der Waals surface area contributed by atoms with Crippen LogP contribution in [-0.2, 0) is 6.54 Å². The van der Waals surface area contributed by atoms with Gasteiger partial charge in [0, 0.05) is 18.6 Å². The second kappa shape index (κ2) is 11.7. The molecular weight excluding hydrogens is 322 g/mol. The van der Waals surface area contributed by atoms with Crippen molar-refractivity contribution in [2.24, 2.45) is 21.5 Å². The third-order valence-electron chi connectivity index (χ3n) is 3.80. The average molecular weight is 352 g/mol. The van der Waals surface area contributed by atoms with Gasteiger partial charge >= 0.3 is 0 Å². The van der Waals surface area contributed by atoms with Crippen LogP contribution in [0.15, 0.2) is 34.3 Å². The van der Waals surface area contributed by atoms with E-state index in [2.05, 4.69) is 16.9 Å². The lowest BCUT2D eigenvalue weighted by atomic mass is 10.1. The van der Waals surface area contributed by atoms with Gasteiger partial charge in [-0.2, -0.15) is 4.99 Å². The molecule has 134 valence electrons. The molecule has 5 nitrogen and oxygen atoms in total. The molecule has 0 amide bonds. The van der Waals surface area contributed by atoms with E-state index in [1.165, 1.54) is 32.1 Å². The van der Waals surface area contributed by atoms with Crippen LogP contribution in [0.3, 0.4) is 0 Å². The normalized spacial score (nSPS) is 12.5. The largest absolute Gasteiger partial charge is 0.369 e. The maximum atomic E-state index is 5.97. The summed E-state index contributed by atoms with van der Waals surface area (Å²) in [6.45, 7) is 3.57. The SMILES string of the molecule is CCCCCCCCN(C)/C(N)=N\C(N)=NCc1ccc(Cl)cc1. The second-order valence-corrected chi connectivity index (χ2v) is 6.40. The maximum Gasteiger partial charge on any atom is 0.218 e. The first-order chi connectivity index (χ1) is 11.5. The highest BCUT2D eigenvalue weighted by Crippen LogP contribution is 2.10. The fraction of sp³-hybridized carbons (Fsp3) is 0.556. The van der Waals surface area contributed by atoms with Gasteiger partial charge in [-0.1, -0.05) is 62.8 Å². The van der Waals surface area contributed by atoms with Gasteiger partial charge in [-0.15, -0.1) is 0 Å². The van der Waals surface area contributed by atoms with E-state index in [9.17, 15) is 0 Å². The molecule has 0 fully saturated rings. The molecule has 0 heterocycles. The molecule has 6 heteroatoms. The number of guanidine groups is 2. The number of halogens is 1. The number of hydrogen-bond acceptors (Lipinski definition) is 1. The molecule has 0 aliphatic carbocycles. The van der Waals surface area contributed by atoms with Gasteiger partial charge in [0.25, 0.3) is 0 Å². The molecular formula is C18H30ClN5. The van der Waals surface area contributed by atoms with Crippen molar-refractivity contribution < 1.29 is 0 Å². The Morgan fingerprint density at radius 2 is 1.67 bits per heavy atom. The summed E-state index contributed by atoms with van der Waals surface area (Å²) in [5.74, 6) is 0.596. The smallest absolute Gasteiger partial charge is 0.218 e. The molecule has 0 atom stereocenters. The van der Waals surface area contributed by atoms with Crippen molar-refractivity contribution in [2.75, 3.05) is 13.6 Å². The predicted octanol–water partition coefficient (Wildman–Crippen LogP) is 3.76. The Hall–Kier alpha value is -1.75. The Morgan fingerprint density at radius 1 is 1.04 bits per heavy atom. The number of aliphatic imine (C=N–C) groups is 2. The molecule has 4 N–H and O–H groups in total. The van der Waals surface area contributed by atoms with E-state index in [0.717, 1.165) is 18.5 Å². The summed E-state index contributed by atoms with van der Waals surface area (Å²) in [6, 6.07) is 7.48. The number of hydrogen-bond donors (Lipinski definition) is 2. The van der Waals surface area contributed by atoms with Crippen molar-refractivity contribution in [3.63, 3.8) is 0 Å². The predicted molar refractivity (Wildman–Crippen MR) is 104 cm³/mol. The monoisotopic (exact) mass is 351 g/mol. The molecule has 0 aromatic heterocycles. The van der Waals surface area contributed by atoms with E-state index in [1.54, 1.807) is 0 Å². The molecule has 1 aromatic carbocycles. The van der Waals surface area contributed by atoms with E-state index >= 15 is 0 Å². The van der Waals surface area contributed by atoms with Crippen LogP contribution in [0.25, 0.3) is 0 Å². The molecule has 0 radical (unpaired) electrons. The Kier molecular flexibility index (Phi) is 9.92. The molecule has 0 bridgehead atoms. The minimum absolute atomic E-state index is 0.192. The fourth-order valence-corrected chi connectivity index (χ4v) is 2.37. The van der Waals surface area contributed by atoms with E-state index in [-0.39, 0.29) is 5.96 Å². The number of nitrogens with zero attached hydrogens (tertiary/aromatic N) is 3. The summed E-state index contributed by atoms with van der Waals surface area (Å²) in [5.41, 5.74) is 12.8.